The maximum absolute atomic E-state index is 2.55. The topological polar surface area (TPSA) is 0 Å². The Morgan fingerprint density at radius 1 is 0.484 bits per heavy atom. The minimum Gasteiger partial charge on any atom is -0.0654 e. The Hall–Kier alpha value is -2.12. The molecule has 3 aromatic rings. The summed E-state index contributed by atoms with van der Waals surface area (Å²) in [5.41, 5.74) is 3.12. The molecular formula is C30H40Si. The first kappa shape index (κ1) is 23.5. The molecule has 0 fully saturated rings. The van der Waals surface area contributed by atoms with Crippen molar-refractivity contribution >= 4 is 24.4 Å². The molecule has 0 N–H and O–H groups in total. The molecule has 0 radical (unpaired) electrons. The molecule has 0 heterocycles. The van der Waals surface area contributed by atoms with E-state index < -0.39 is 8.80 Å². The molecule has 3 rings (SSSR count). The third-order valence-electron chi connectivity index (χ3n) is 6.31. The smallest absolute Gasteiger partial charge is 0.0654 e. The number of benzene rings is 3. The fraction of sp³-hybridized carbons (Fsp3) is 0.400. The van der Waals surface area contributed by atoms with Crippen LogP contribution in [0.1, 0.15) is 76.3 Å². The molecule has 0 aliphatic carbocycles. The molecule has 0 atom stereocenters. The SMILES string of the molecule is CCCCCCc1cc(CCCCCC)cc([SiH](c2ccccc2)c2ccccc2)c1. The summed E-state index contributed by atoms with van der Waals surface area (Å²) in [4.78, 5) is 0. The molecule has 0 bridgehead atoms. The molecule has 0 nitrogen and oxygen atoms in total. The van der Waals surface area contributed by atoms with Crippen LogP contribution < -0.4 is 15.6 Å². The third kappa shape index (κ3) is 7.50. The van der Waals surface area contributed by atoms with Crippen molar-refractivity contribution in [3.8, 4) is 0 Å². The lowest BCUT2D eigenvalue weighted by Crippen LogP contribution is -2.52. The first-order chi connectivity index (χ1) is 15.3. The molecule has 31 heavy (non-hydrogen) atoms. The Bertz CT molecular complexity index is 800. The van der Waals surface area contributed by atoms with E-state index in [0.29, 0.717) is 0 Å². The molecule has 0 spiro atoms. The number of hydrogen-bond acceptors (Lipinski definition) is 0. The van der Waals surface area contributed by atoms with Gasteiger partial charge in [0.15, 0.2) is 0 Å². The van der Waals surface area contributed by atoms with Crippen LogP contribution in [0.5, 0.6) is 0 Å². The van der Waals surface area contributed by atoms with E-state index in [2.05, 4.69) is 92.7 Å². The van der Waals surface area contributed by atoms with Gasteiger partial charge in [-0.2, -0.15) is 0 Å². The van der Waals surface area contributed by atoms with E-state index >= 15 is 0 Å². The fourth-order valence-corrected chi connectivity index (χ4v) is 7.76. The van der Waals surface area contributed by atoms with Gasteiger partial charge in [-0.15, -0.1) is 0 Å². The molecule has 0 aliphatic rings. The Labute approximate surface area is 192 Å². The van der Waals surface area contributed by atoms with Crippen molar-refractivity contribution in [2.45, 2.75) is 78.1 Å². The van der Waals surface area contributed by atoms with E-state index in [9.17, 15) is 0 Å². The highest BCUT2D eigenvalue weighted by atomic mass is 28.3. The number of unbranched alkanes of at least 4 members (excludes halogenated alkanes) is 6. The summed E-state index contributed by atoms with van der Waals surface area (Å²) < 4.78 is 0. The minimum atomic E-state index is -1.46. The zero-order valence-electron chi connectivity index (χ0n) is 19.7. The number of hydrogen-bond donors (Lipinski definition) is 0. The highest BCUT2D eigenvalue weighted by Gasteiger charge is 2.19. The van der Waals surface area contributed by atoms with Crippen LogP contribution in [0.4, 0.5) is 0 Å². The van der Waals surface area contributed by atoms with Crippen LogP contribution in [0.15, 0.2) is 78.9 Å². The predicted octanol–water partition coefficient (Wildman–Crippen LogP) is 6.18. The van der Waals surface area contributed by atoms with Crippen LogP contribution in [0.2, 0.25) is 0 Å². The van der Waals surface area contributed by atoms with Gasteiger partial charge in [0.25, 0.3) is 0 Å². The van der Waals surface area contributed by atoms with Crippen LogP contribution in [-0.2, 0) is 12.8 Å². The van der Waals surface area contributed by atoms with Crippen molar-refractivity contribution in [1.82, 2.24) is 0 Å². The van der Waals surface area contributed by atoms with Crippen molar-refractivity contribution in [3.05, 3.63) is 90.0 Å². The summed E-state index contributed by atoms with van der Waals surface area (Å²) in [7, 11) is -1.46. The zero-order valence-corrected chi connectivity index (χ0v) is 20.8. The van der Waals surface area contributed by atoms with E-state index in [0.717, 1.165) is 0 Å². The molecule has 3 aromatic carbocycles. The lowest BCUT2D eigenvalue weighted by Gasteiger charge is -2.20. The highest BCUT2D eigenvalue weighted by Crippen LogP contribution is 2.14. The molecule has 0 amide bonds. The minimum absolute atomic E-state index is 1.22. The Morgan fingerprint density at radius 3 is 1.35 bits per heavy atom. The summed E-state index contributed by atoms with van der Waals surface area (Å²) in [5, 5.41) is 4.64. The summed E-state index contributed by atoms with van der Waals surface area (Å²) in [6.07, 6.45) is 13.1. The van der Waals surface area contributed by atoms with Crippen LogP contribution >= 0.6 is 0 Å². The summed E-state index contributed by atoms with van der Waals surface area (Å²) in [6.45, 7) is 4.59. The molecule has 1 heteroatoms. The van der Waals surface area contributed by atoms with E-state index in [1.807, 2.05) is 0 Å². The fourth-order valence-electron chi connectivity index (χ4n) is 4.63. The molecule has 0 aliphatic heterocycles. The van der Waals surface area contributed by atoms with Gasteiger partial charge in [0.2, 0.25) is 0 Å². The lowest BCUT2D eigenvalue weighted by atomic mass is 10.0. The second-order valence-corrected chi connectivity index (χ2v) is 11.8. The van der Waals surface area contributed by atoms with Gasteiger partial charge in [-0.05, 0) is 36.8 Å². The third-order valence-corrected chi connectivity index (χ3v) is 9.42. The number of rotatable bonds is 13. The molecule has 0 aromatic heterocycles. The van der Waals surface area contributed by atoms with E-state index in [-0.39, 0.29) is 0 Å². The summed E-state index contributed by atoms with van der Waals surface area (Å²) in [5.74, 6) is 0. The molecule has 0 saturated heterocycles. The summed E-state index contributed by atoms with van der Waals surface area (Å²) >= 11 is 0. The van der Waals surface area contributed by atoms with Gasteiger partial charge in [0, 0.05) is 0 Å². The largest absolute Gasteiger partial charge is 0.132 e. The van der Waals surface area contributed by atoms with Gasteiger partial charge in [0.1, 0.15) is 8.80 Å². The average Bonchev–Trinajstić information content (AvgIpc) is 2.81. The van der Waals surface area contributed by atoms with Crippen molar-refractivity contribution in [2.24, 2.45) is 0 Å². The van der Waals surface area contributed by atoms with Crippen LogP contribution in [-0.4, -0.2) is 8.80 Å². The lowest BCUT2D eigenvalue weighted by molar-refractivity contribution is 0.661. The second-order valence-electron chi connectivity index (χ2n) is 8.96. The van der Waals surface area contributed by atoms with Gasteiger partial charge in [-0.3, -0.25) is 0 Å². The van der Waals surface area contributed by atoms with Crippen molar-refractivity contribution < 1.29 is 0 Å². The van der Waals surface area contributed by atoms with Crippen LogP contribution in [0.25, 0.3) is 0 Å². The maximum atomic E-state index is 2.55. The average molecular weight is 429 g/mol. The maximum Gasteiger partial charge on any atom is 0.132 e. The Morgan fingerprint density at radius 2 is 0.935 bits per heavy atom. The van der Waals surface area contributed by atoms with Gasteiger partial charge in [0.05, 0.1) is 0 Å². The van der Waals surface area contributed by atoms with E-state index in [1.165, 1.54) is 74.6 Å². The van der Waals surface area contributed by atoms with Gasteiger partial charge < -0.3 is 0 Å². The van der Waals surface area contributed by atoms with Gasteiger partial charge in [-0.25, -0.2) is 0 Å². The first-order valence-electron chi connectivity index (χ1n) is 12.5. The normalized spacial score (nSPS) is 11.2. The van der Waals surface area contributed by atoms with Crippen molar-refractivity contribution in [1.29, 1.82) is 0 Å². The van der Waals surface area contributed by atoms with Gasteiger partial charge in [-0.1, -0.05) is 147 Å². The predicted molar refractivity (Wildman–Crippen MR) is 141 cm³/mol. The highest BCUT2D eigenvalue weighted by molar-refractivity contribution is 6.95. The zero-order chi connectivity index (χ0) is 21.7. The monoisotopic (exact) mass is 428 g/mol. The molecule has 0 unspecified atom stereocenters. The van der Waals surface area contributed by atoms with Crippen molar-refractivity contribution in [3.63, 3.8) is 0 Å². The second kappa shape index (κ2) is 13.3. The molecule has 164 valence electrons. The van der Waals surface area contributed by atoms with E-state index in [1.54, 1.807) is 16.3 Å². The summed E-state index contributed by atoms with van der Waals surface area (Å²) in [6, 6.07) is 30.1. The van der Waals surface area contributed by atoms with Gasteiger partial charge >= 0.3 is 0 Å². The van der Waals surface area contributed by atoms with Crippen LogP contribution in [0, 0.1) is 0 Å². The van der Waals surface area contributed by atoms with Crippen LogP contribution in [0.3, 0.4) is 0 Å². The standard InChI is InChI=1S/C30H40Si/c1-3-5-7-11-17-26-23-27(18-12-8-6-4-2)25-30(24-26)31(28-19-13-9-14-20-28)29-21-15-10-16-22-29/h9-10,13-16,19-25,31H,3-8,11-12,17-18H2,1-2H3. The molecule has 0 saturated carbocycles. The quantitative estimate of drug-likeness (QED) is 0.173. The molecular weight excluding hydrogens is 388 g/mol. The Kier molecular flexibility index (Phi) is 10.1. The Balaban J connectivity index is 1.94. The first-order valence-corrected chi connectivity index (χ1v) is 14.3. The van der Waals surface area contributed by atoms with Crippen molar-refractivity contribution in [2.75, 3.05) is 0 Å². The number of aryl methyl sites for hydroxylation is 2. The van der Waals surface area contributed by atoms with E-state index in [4.69, 9.17) is 0 Å².